The van der Waals surface area contributed by atoms with Crippen LogP contribution < -0.4 is 11.1 Å². The zero-order valence-electron chi connectivity index (χ0n) is 9.31. The molecule has 0 aromatic carbocycles. The van der Waals surface area contributed by atoms with Crippen LogP contribution in [0.1, 0.15) is 52.4 Å². The topological polar surface area (TPSA) is 55.1 Å². The van der Waals surface area contributed by atoms with E-state index in [4.69, 9.17) is 5.73 Å². The second kappa shape index (κ2) is 4.78. The van der Waals surface area contributed by atoms with Crippen molar-refractivity contribution in [1.82, 2.24) is 5.32 Å². The molecule has 0 saturated heterocycles. The molecule has 1 aliphatic carbocycles. The predicted octanol–water partition coefficient (Wildman–Crippen LogP) is 1.56. The average Bonchev–Trinajstić information content (AvgIpc) is 2.85. The minimum Gasteiger partial charge on any atom is -0.352 e. The van der Waals surface area contributed by atoms with E-state index < -0.39 is 5.54 Å². The molecule has 0 aliphatic heterocycles. The van der Waals surface area contributed by atoms with E-state index >= 15 is 0 Å². The first kappa shape index (κ1) is 11.5. The molecule has 3 nitrogen and oxygen atoms in total. The van der Waals surface area contributed by atoms with Crippen molar-refractivity contribution < 1.29 is 4.79 Å². The van der Waals surface area contributed by atoms with Crippen LogP contribution in [-0.2, 0) is 4.79 Å². The molecule has 1 amide bonds. The number of rotatable bonds is 6. The zero-order chi connectivity index (χ0) is 10.6. The number of amides is 1. The fourth-order valence-electron chi connectivity index (χ4n) is 1.50. The Bertz CT molecular complexity index is 199. The lowest BCUT2D eigenvalue weighted by Gasteiger charge is -2.16. The lowest BCUT2D eigenvalue weighted by molar-refractivity contribution is -0.123. The molecule has 82 valence electrons. The molecular formula is C11H22N2O. The van der Waals surface area contributed by atoms with Gasteiger partial charge in [-0.05, 0) is 26.2 Å². The largest absolute Gasteiger partial charge is 0.352 e. The van der Waals surface area contributed by atoms with Crippen molar-refractivity contribution in [1.29, 1.82) is 0 Å². The van der Waals surface area contributed by atoms with Gasteiger partial charge >= 0.3 is 0 Å². The smallest absolute Gasteiger partial charge is 0.240 e. The lowest BCUT2D eigenvalue weighted by atomic mass is 10.1. The van der Waals surface area contributed by atoms with Crippen LogP contribution in [0.25, 0.3) is 0 Å². The predicted molar refractivity (Wildman–Crippen MR) is 57.9 cm³/mol. The maximum atomic E-state index is 11.5. The standard InChI is InChI=1S/C11H22N2O/c1-3-4-5-6-9(2)13-10(14)11(12)7-8-11/h9H,3-8,12H2,1-2H3,(H,13,14). The summed E-state index contributed by atoms with van der Waals surface area (Å²) >= 11 is 0. The molecule has 1 fully saturated rings. The van der Waals surface area contributed by atoms with Gasteiger partial charge in [-0.15, -0.1) is 0 Å². The van der Waals surface area contributed by atoms with Crippen LogP contribution in [0.15, 0.2) is 0 Å². The molecule has 0 spiro atoms. The van der Waals surface area contributed by atoms with Crippen molar-refractivity contribution in [3.05, 3.63) is 0 Å². The van der Waals surface area contributed by atoms with E-state index in [1.54, 1.807) is 0 Å². The first-order valence-electron chi connectivity index (χ1n) is 5.68. The number of unbranched alkanes of at least 4 members (excludes halogenated alkanes) is 2. The minimum absolute atomic E-state index is 0.0431. The minimum atomic E-state index is -0.515. The Hall–Kier alpha value is -0.570. The molecule has 0 aromatic heterocycles. The summed E-state index contributed by atoms with van der Waals surface area (Å²) in [6.07, 6.45) is 6.42. The Balaban J connectivity index is 2.13. The molecule has 1 unspecified atom stereocenters. The van der Waals surface area contributed by atoms with E-state index in [2.05, 4.69) is 19.2 Å². The number of carbonyl (C=O) groups excluding carboxylic acids is 1. The highest BCUT2D eigenvalue weighted by molar-refractivity contribution is 5.89. The lowest BCUT2D eigenvalue weighted by Crippen LogP contribution is -2.46. The van der Waals surface area contributed by atoms with E-state index in [0.717, 1.165) is 19.3 Å². The maximum absolute atomic E-state index is 11.5. The summed E-state index contributed by atoms with van der Waals surface area (Å²) in [7, 11) is 0. The van der Waals surface area contributed by atoms with Crippen molar-refractivity contribution in [3.63, 3.8) is 0 Å². The molecule has 3 heteroatoms. The fourth-order valence-corrected chi connectivity index (χ4v) is 1.50. The Morgan fingerprint density at radius 1 is 1.50 bits per heavy atom. The number of hydrogen-bond acceptors (Lipinski definition) is 2. The van der Waals surface area contributed by atoms with Crippen molar-refractivity contribution in [2.24, 2.45) is 5.73 Å². The third-order valence-electron chi connectivity index (χ3n) is 2.86. The third-order valence-corrected chi connectivity index (χ3v) is 2.86. The molecule has 14 heavy (non-hydrogen) atoms. The van der Waals surface area contributed by atoms with Crippen LogP contribution in [-0.4, -0.2) is 17.5 Å². The van der Waals surface area contributed by atoms with Crippen molar-refractivity contribution >= 4 is 5.91 Å². The van der Waals surface area contributed by atoms with Crippen LogP contribution in [0.5, 0.6) is 0 Å². The Morgan fingerprint density at radius 3 is 2.64 bits per heavy atom. The van der Waals surface area contributed by atoms with Crippen LogP contribution in [0.3, 0.4) is 0 Å². The SMILES string of the molecule is CCCCCC(C)NC(=O)C1(N)CC1. The van der Waals surface area contributed by atoms with E-state index in [9.17, 15) is 4.79 Å². The Kier molecular flexibility index (Phi) is 3.93. The first-order chi connectivity index (χ1) is 6.58. The van der Waals surface area contributed by atoms with Gasteiger partial charge in [0.1, 0.15) is 0 Å². The molecule has 0 aromatic rings. The quantitative estimate of drug-likeness (QED) is 0.636. The van der Waals surface area contributed by atoms with Gasteiger partial charge in [-0.25, -0.2) is 0 Å². The molecule has 0 heterocycles. The van der Waals surface area contributed by atoms with Crippen molar-refractivity contribution in [3.8, 4) is 0 Å². The van der Waals surface area contributed by atoms with Crippen LogP contribution in [0, 0.1) is 0 Å². The number of nitrogens with one attached hydrogen (secondary N) is 1. The highest BCUT2D eigenvalue weighted by atomic mass is 16.2. The van der Waals surface area contributed by atoms with Gasteiger partial charge in [0.2, 0.25) is 5.91 Å². The van der Waals surface area contributed by atoms with Crippen molar-refractivity contribution in [2.75, 3.05) is 0 Å². The van der Waals surface area contributed by atoms with Gasteiger partial charge in [-0.3, -0.25) is 4.79 Å². The summed E-state index contributed by atoms with van der Waals surface area (Å²) in [4.78, 5) is 11.5. The maximum Gasteiger partial charge on any atom is 0.240 e. The summed E-state index contributed by atoms with van der Waals surface area (Å²) in [5.41, 5.74) is 5.27. The second-order valence-electron chi connectivity index (χ2n) is 4.53. The van der Waals surface area contributed by atoms with Crippen LogP contribution in [0.2, 0.25) is 0 Å². The van der Waals surface area contributed by atoms with E-state index in [1.807, 2.05) is 0 Å². The number of carbonyl (C=O) groups is 1. The fraction of sp³-hybridized carbons (Fsp3) is 0.909. The molecule has 1 aliphatic rings. The van der Waals surface area contributed by atoms with Crippen LogP contribution >= 0.6 is 0 Å². The Morgan fingerprint density at radius 2 is 2.14 bits per heavy atom. The van der Waals surface area contributed by atoms with Gasteiger partial charge in [0.15, 0.2) is 0 Å². The van der Waals surface area contributed by atoms with E-state index in [-0.39, 0.29) is 11.9 Å². The molecule has 3 N–H and O–H groups in total. The van der Waals surface area contributed by atoms with Gasteiger partial charge in [-0.1, -0.05) is 26.2 Å². The van der Waals surface area contributed by atoms with Gasteiger partial charge in [0.25, 0.3) is 0 Å². The summed E-state index contributed by atoms with van der Waals surface area (Å²) in [6, 6.07) is 0.273. The summed E-state index contributed by atoms with van der Waals surface area (Å²) < 4.78 is 0. The highest BCUT2D eigenvalue weighted by Gasteiger charge is 2.46. The van der Waals surface area contributed by atoms with Gasteiger partial charge < -0.3 is 11.1 Å². The normalized spacial score (nSPS) is 20.2. The van der Waals surface area contributed by atoms with Gasteiger partial charge in [0.05, 0.1) is 5.54 Å². The molecule has 1 saturated carbocycles. The van der Waals surface area contributed by atoms with Crippen molar-refractivity contribution in [2.45, 2.75) is 64.0 Å². The second-order valence-corrected chi connectivity index (χ2v) is 4.53. The highest BCUT2D eigenvalue weighted by Crippen LogP contribution is 2.32. The summed E-state index contributed by atoms with van der Waals surface area (Å²) in [5, 5.41) is 2.98. The van der Waals surface area contributed by atoms with E-state index in [1.165, 1.54) is 19.3 Å². The van der Waals surface area contributed by atoms with Gasteiger partial charge in [0, 0.05) is 6.04 Å². The Labute approximate surface area is 86.4 Å². The monoisotopic (exact) mass is 198 g/mol. The molecule has 1 atom stereocenters. The molecule has 0 radical (unpaired) electrons. The third kappa shape index (κ3) is 3.29. The number of nitrogens with two attached hydrogens (primary N) is 1. The summed E-state index contributed by atoms with van der Waals surface area (Å²) in [6.45, 7) is 4.24. The number of hydrogen-bond donors (Lipinski definition) is 2. The first-order valence-corrected chi connectivity index (χ1v) is 5.68. The van der Waals surface area contributed by atoms with Crippen LogP contribution in [0.4, 0.5) is 0 Å². The van der Waals surface area contributed by atoms with E-state index in [0.29, 0.717) is 0 Å². The average molecular weight is 198 g/mol. The summed E-state index contributed by atoms with van der Waals surface area (Å²) in [5.74, 6) is 0.0431. The molecule has 1 rings (SSSR count). The molecular weight excluding hydrogens is 176 g/mol. The molecule has 0 bridgehead atoms. The zero-order valence-corrected chi connectivity index (χ0v) is 9.31. The van der Waals surface area contributed by atoms with Gasteiger partial charge in [-0.2, -0.15) is 0 Å².